The molecule has 18 heavy (non-hydrogen) atoms. The first-order valence-electron chi connectivity index (χ1n) is 5.69. The van der Waals surface area contributed by atoms with Gasteiger partial charge in [0.25, 0.3) is 0 Å². The highest BCUT2D eigenvalue weighted by atomic mass is 16.5. The van der Waals surface area contributed by atoms with E-state index in [1.54, 1.807) is 0 Å². The van der Waals surface area contributed by atoms with Crippen molar-refractivity contribution < 1.29 is 4.74 Å². The fourth-order valence-electron chi connectivity index (χ4n) is 1.61. The quantitative estimate of drug-likeness (QED) is 0.833. The lowest BCUT2D eigenvalue weighted by molar-refractivity contribution is 0.482. The van der Waals surface area contributed by atoms with Crippen molar-refractivity contribution >= 4 is 5.69 Å². The second-order valence-corrected chi connectivity index (χ2v) is 4.10. The van der Waals surface area contributed by atoms with Crippen LogP contribution < -0.4 is 10.5 Å². The summed E-state index contributed by atoms with van der Waals surface area (Å²) >= 11 is 0. The van der Waals surface area contributed by atoms with Crippen molar-refractivity contribution in [2.45, 2.75) is 13.3 Å². The van der Waals surface area contributed by atoms with Gasteiger partial charge in [-0.3, -0.25) is 0 Å². The summed E-state index contributed by atoms with van der Waals surface area (Å²) in [5, 5.41) is 8.59. The minimum Gasteiger partial charge on any atom is -0.457 e. The molecule has 0 heterocycles. The van der Waals surface area contributed by atoms with Gasteiger partial charge in [-0.25, -0.2) is 0 Å². The van der Waals surface area contributed by atoms with Crippen LogP contribution in [-0.2, 0) is 6.42 Å². The summed E-state index contributed by atoms with van der Waals surface area (Å²) in [6, 6.07) is 15.2. The summed E-state index contributed by atoms with van der Waals surface area (Å²) in [7, 11) is 0. The number of hydrogen-bond donors (Lipinski definition) is 1. The number of anilines is 1. The molecule has 2 aromatic rings. The van der Waals surface area contributed by atoms with Crippen molar-refractivity contribution in [2.24, 2.45) is 0 Å². The molecule has 2 rings (SSSR count). The molecule has 0 amide bonds. The molecule has 3 heteroatoms. The fraction of sp³-hybridized carbons (Fsp3) is 0.133. The first-order chi connectivity index (χ1) is 8.69. The van der Waals surface area contributed by atoms with Crippen molar-refractivity contribution in [3.63, 3.8) is 0 Å². The van der Waals surface area contributed by atoms with Crippen LogP contribution in [0.2, 0.25) is 0 Å². The van der Waals surface area contributed by atoms with E-state index in [2.05, 4.69) is 6.07 Å². The Bertz CT molecular complexity index is 582. The second kappa shape index (κ2) is 5.24. The highest BCUT2D eigenvalue weighted by Crippen LogP contribution is 2.24. The molecule has 0 aromatic heterocycles. The van der Waals surface area contributed by atoms with E-state index >= 15 is 0 Å². The third-order valence-corrected chi connectivity index (χ3v) is 2.68. The molecule has 0 saturated heterocycles. The number of benzene rings is 2. The van der Waals surface area contributed by atoms with Gasteiger partial charge in [-0.05, 0) is 48.4 Å². The first kappa shape index (κ1) is 12.0. The highest BCUT2D eigenvalue weighted by molar-refractivity contribution is 5.50. The zero-order valence-electron chi connectivity index (χ0n) is 10.2. The molecule has 90 valence electrons. The topological polar surface area (TPSA) is 59.0 Å². The van der Waals surface area contributed by atoms with Gasteiger partial charge >= 0.3 is 0 Å². The van der Waals surface area contributed by atoms with Gasteiger partial charge < -0.3 is 10.5 Å². The molecule has 0 aliphatic rings. The molecule has 0 unspecified atom stereocenters. The van der Waals surface area contributed by atoms with Crippen LogP contribution in [0.1, 0.15) is 11.1 Å². The molecule has 2 N–H and O–H groups in total. The van der Waals surface area contributed by atoms with Gasteiger partial charge in [-0.1, -0.05) is 12.1 Å². The average Bonchev–Trinajstić information content (AvgIpc) is 2.37. The molecular weight excluding hydrogens is 224 g/mol. The van der Waals surface area contributed by atoms with Crippen LogP contribution in [0.25, 0.3) is 0 Å². The minimum atomic E-state index is 0.418. The van der Waals surface area contributed by atoms with E-state index in [4.69, 9.17) is 15.7 Å². The van der Waals surface area contributed by atoms with E-state index in [1.807, 2.05) is 49.4 Å². The number of ether oxygens (including phenoxy) is 1. The van der Waals surface area contributed by atoms with Crippen LogP contribution in [0, 0.1) is 18.3 Å². The highest BCUT2D eigenvalue weighted by Gasteiger charge is 2.00. The third kappa shape index (κ3) is 2.80. The van der Waals surface area contributed by atoms with Gasteiger partial charge in [0.15, 0.2) is 0 Å². The molecule has 0 radical (unpaired) electrons. The predicted molar refractivity (Wildman–Crippen MR) is 71.4 cm³/mol. The average molecular weight is 238 g/mol. The second-order valence-electron chi connectivity index (χ2n) is 4.10. The Morgan fingerprint density at radius 3 is 2.39 bits per heavy atom. The van der Waals surface area contributed by atoms with Crippen molar-refractivity contribution in [3.05, 3.63) is 53.6 Å². The number of nitrogens with two attached hydrogens (primary N) is 1. The third-order valence-electron chi connectivity index (χ3n) is 2.68. The monoisotopic (exact) mass is 238 g/mol. The summed E-state index contributed by atoms with van der Waals surface area (Å²) in [5.74, 6) is 1.51. The van der Waals surface area contributed by atoms with E-state index in [-0.39, 0.29) is 0 Å². The number of rotatable bonds is 3. The zero-order valence-corrected chi connectivity index (χ0v) is 10.2. The zero-order chi connectivity index (χ0) is 13.0. The maximum absolute atomic E-state index is 8.59. The van der Waals surface area contributed by atoms with E-state index in [0.29, 0.717) is 6.42 Å². The molecule has 0 spiro atoms. The molecule has 0 bridgehead atoms. The van der Waals surface area contributed by atoms with Crippen LogP contribution in [0.15, 0.2) is 42.5 Å². The van der Waals surface area contributed by atoms with Crippen LogP contribution >= 0.6 is 0 Å². The number of hydrogen-bond acceptors (Lipinski definition) is 3. The molecular formula is C15H14N2O. The van der Waals surface area contributed by atoms with Crippen molar-refractivity contribution in [1.82, 2.24) is 0 Å². The summed E-state index contributed by atoms with van der Waals surface area (Å²) in [6.45, 7) is 1.94. The van der Waals surface area contributed by atoms with E-state index in [9.17, 15) is 0 Å². The molecule has 3 nitrogen and oxygen atoms in total. The van der Waals surface area contributed by atoms with Crippen LogP contribution in [0.4, 0.5) is 5.69 Å². The largest absolute Gasteiger partial charge is 0.457 e. The Balaban J connectivity index is 2.13. The van der Waals surface area contributed by atoms with Crippen LogP contribution in [-0.4, -0.2) is 0 Å². The van der Waals surface area contributed by atoms with Gasteiger partial charge in [0, 0.05) is 5.69 Å². The van der Waals surface area contributed by atoms with Crippen molar-refractivity contribution in [3.8, 4) is 17.6 Å². The van der Waals surface area contributed by atoms with Crippen molar-refractivity contribution in [1.29, 1.82) is 5.26 Å². The summed E-state index contributed by atoms with van der Waals surface area (Å²) < 4.78 is 5.71. The number of aryl methyl sites for hydroxylation is 1. The molecule has 2 aromatic carbocycles. The minimum absolute atomic E-state index is 0.418. The Hall–Kier alpha value is -2.47. The van der Waals surface area contributed by atoms with Gasteiger partial charge in [0.1, 0.15) is 11.5 Å². The predicted octanol–water partition coefficient (Wildman–Crippen LogP) is 3.44. The molecule has 0 aliphatic heterocycles. The number of nitriles is 1. The first-order valence-corrected chi connectivity index (χ1v) is 5.69. The Labute approximate surface area is 106 Å². The Morgan fingerprint density at radius 1 is 1.11 bits per heavy atom. The van der Waals surface area contributed by atoms with Gasteiger partial charge in [0.2, 0.25) is 0 Å². The number of nitrogen functional groups attached to an aromatic ring is 1. The SMILES string of the molecule is Cc1cc(Oc2ccc(CC#N)cc2)ccc1N. The lowest BCUT2D eigenvalue weighted by atomic mass is 10.1. The van der Waals surface area contributed by atoms with E-state index < -0.39 is 0 Å². The molecule has 0 fully saturated rings. The molecule has 0 saturated carbocycles. The number of nitrogens with zero attached hydrogens (tertiary/aromatic N) is 1. The van der Waals surface area contributed by atoms with Crippen LogP contribution in [0.5, 0.6) is 11.5 Å². The fourth-order valence-corrected chi connectivity index (χ4v) is 1.61. The standard InChI is InChI=1S/C15H14N2O/c1-11-10-14(6-7-15(11)17)18-13-4-2-12(3-5-13)8-9-16/h2-7,10H,8,17H2,1H3. The van der Waals surface area contributed by atoms with Gasteiger partial charge in [-0.15, -0.1) is 0 Å². The summed E-state index contributed by atoms with van der Waals surface area (Å²) in [6.07, 6.45) is 0.418. The van der Waals surface area contributed by atoms with E-state index in [0.717, 1.165) is 28.3 Å². The molecule has 0 atom stereocenters. The normalized spacial score (nSPS) is 9.78. The maximum Gasteiger partial charge on any atom is 0.127 e. The maximum atomic E-state index is 8.59. The summed E-state index contributed by atoms with van der Waals surface area (Å²) in [5.41, 5.74) is 8.48. The lowest BCUT2D eigenvalue weighted by Crippen LogP contribution is -1.91. The Morgan fingerprint density at radius 2 is 1.78 bits per heavy atom. The van der Waals surface area contributed by atoms with Gasteiger partial charge in [-0.2, -0.15) is 5.26 Å². The van der Waals surface area contributed by atoms with Gasteiger partial charge in [0.05, 0.1) is 12.5 Å². The van der Waals surface area contributed by atoms with Crippen LogP contribution in [0.3, 0.4) is 0 Å². The molecule has 0 aliphatic carbocycles. The van der Waals surface area contributed by atoms with Crippen molar-refractivity contribution in [2.75, 3.05) is 5.73 Å². The summed E-state index contributed by atoms with van der Waals surface area (Å²) in [4.78, 5) is 0. The lowest BCUT2D eigenvalue weighted by Gasteiger charge is -2.08. The Kier molecular flexibility index (Phi) is 3.49. The van der Waals surface area contributed by atoms with E-state index in [1.165, 1.54) is 0 Å². The smallest absolute Gasteiger partial charge is 0.127 e.